The Balaban J connectivity index is 1.83. The summed E-state index contributed by atoms with van der Waals surface area (Å²) < 4.78 is 1.01. The number of rotatable bonds is 4. The van der Waals surface area contributed by atoms with E-state index in [1.807, 2.05) is 30.0 Å². The molecular formula is C16H16BrNO2S. The minimum atomic E-state index is 0.0830. The van der Waals surface area contributed by atoms with E-state index >= 15 is 0 Å². The zero-order chi connectivity index (χ0) is 15.0. The van der Waals surface area contributed by atoms with E-state index in [9.17, 15) is 9.90 Å². The number of amides is 1. The Morgan fingerprint density at radius 3 is 2.76 bits per heavy atom. The molecule has 0 radical (unpaired) electrons. The van der Waals surface area contributed by atoms with Crippen molar-refractivity contribution in [3.8, 4) is 5.75 Å². The van der Waals surface area contributed by atoms with Crippen LogP contribution < -0.4 is 0 Å². The lowest BCUT2D eigenvalue weighted by Crippen LogP contribution is -2.32. The van der Waals surface area contributed by atoms with Crippen LogP contribution in [0.1, 0.15) is 33.6 Å². The second kappa shape index (κ2) is 5.81. The number of thiophene rings is 1. The predicted molar refractivity (Wildman–Crippen MR) is 87.8 cm³/mol. The third-order valence-electron chi connectivity index (χ3n) is 3.58. The average Bonchev–Trinajstić information content (AvgIpc) is 3.22. The first kappa shape index (κ1) is 14.6. The van der Waals surface area contributed by atoms with Crippen LogP contribution in [0.5, 0.6) is 5.75 Å². The first-order chi connectivity index (χ1) is 10.0. The van der Waals surface area contributed by atoms with Gasteiger partial charge in [0, 0.05) is 12.6 Å². The molecule has 0 atom stereocenters. The van der Waals surface area contributed by atoms with Crippen LogP contribution in [0.2, 0.25) is 0 Å². The van der Waals surface area contributed by atoms with E-state index < -0.39 is 0 Å². The number of carbonyl (C=O) groups is 1. The van der Waals surface area contributed by atoms with Gasteiger partial charge in [0.1, 0.15) is 5.75 Å². The van der Waals surface area contributed by atoms with Crippen LogP contribution in [-0.4, -0.2) is 22.0 Å². The number of benzene rings is 1. The van der Waals surface area contributed by atoms with Crippen molar-refractivity contribution >= 4 is 33.2 Å². The van der Waals surface area contributed by atoms with E-state index in [1.54, 1.807) is 12.1 Å². The maximum atomic E-state index is 12.7. The van der Waals surface area contributed by atoms with Gasteiger partial charge >= 0.3 is 0 Å². The topological polar surface area (TPSA) is 40.5 Å². The molecule has 0 saturated heterocycles. The lowest BCUT2D eigenvalue weighted by atomic mass is 10.2. The van der Waals surface area contributed by atoms with Crippen LogP contribution in [0.25, 0.3) is 0 Å². The zero-order valence-electron chi connectivity index (χ0n) is 11.7. The first-order valence-corrected chi connectivity index (χ1v) is 8.50. The summed E-state index contributed by atoms with van der Waals surface area (Å²) in [6.07, 6.45) is 2.13. The molecule has 2 aromatic rings. The molecule has 0 spiro atoms. The third-order valence-corrected chi connectivity index (χ3v) is 5.70. The summed E-state index contributed by atoms with van der Waals surface area (Å²) in [4.78, 5) is 15.4. The summed E-state index contributed by atoms with van der Waals surface area (Å²) in [6, 6.07) is 9.39. The molecule has 1 aliphatic rings. The van der Waals surface area contributed by atoms with Gasteiger partial charge in [0.25, 0.3) is 5.91 Å². The fraction of sp³-hybridized carbons (Fsp3) is 0.312. The van der Waals surface area contributed by atoms with E-state index in [2.05, 4.69) is 15.9 Å². The van der Waals surface area contributed by atoms with Crippen molar-refractivity contribution in [3.63, 3.8) is 0 Å². The van der Waals surface area contributed by atoms with Gasteiger partial charge in [0.05, 0.1) is 8.66 Å². The van der Waals surface area contributed by atoms with Crippen molar-refractivity contribution in [2.45, 2.75) is 32.4 Å². The lowest BCUT2D eigenvalue weighted by Gasteiger charge is -2.22. The number of hydrogen-bond donors (Lipinski definition) is 1. The van der Waals surface area contributed by atoms with Crippen LogP contribution >= 0.6 is 27.3 Å². The van der Waals surface area contributed by atoms with Gasteiger partial charge in [0.15, 0.2) is 0 Å². The molecule has 0 unspecified atom stereocenters. The summed E-state index contributed by atoms with van der Waals surface area (Å²) in [7, 11) is 0. The van der Waals surface area contributed by atoms with E-state index in [1.165, 1.54) is 11.3 Å². The minimum Gasteiger partial charge on any atom is -0.508 e. The molecular weight excluding hydrogens is 350 g/mol. The van der Waals surface area contributed by atoms with Gasteiger partial charge in [-0.15, -0.1) is 11.3 Å². The van der Waals surface area contributed by atoms with Crippen molar-refractivity contribution in [2.24, 2.45) is 0 Å². The average molecular weight is 366 g/mol. The zero-order valence-corrected chi connectivity index (χ0v) is 14.1. The summed E-state index contributed by atoms with van der Waals surface area (Å²) in [6.45, 7) is 2.54. The van der Waals surface area contributed by atoms with Crippen LogP contribution in [0, 0.1) is 6.92 Å². The Kier molecular flexibility index (Phi) is 4.04. The van der Waals surface area contributed by atoms with Crippen molar-refractivity contribution in [2.75, 3.05) is 0 Å². The monoisotopic (exact) mass is 365 g/mol. The number of phenols is 1. The molecule has 1 aromatic carbocycles. The van der Waals surface area contributed by atoms with Crippen LogP contribution in [0.15, 0.2) is 34.1 Å². The summed E-state index contributed by atoms with van der Waals surface area (Å²) in [5, 5.41) is 9.57. The molecule has 5 heteroatoms. The molecule has 21 heavy (non-hydrogen) atoms. The van der Waals surface area contributed by atoms with Gasteiger partial charge in [-0.2, -0.15) is 0 Å². The molecule has 1 fully saturated rings. The molecule has 1 amide bonds. The summed E-state index contributed by atoms with van der Waals surface area (Å²) >= 11 is 4.96. The largest absolute Gasteiger partial charge is 0.508 e. The normalized spacial score (nSPS) is 14.2. The SMILES string of the molecule is Cc1cc(C(=O)N(Cc2cccc(O)c2)C2CC2)sc1Br. The Hall–Kier alpha value is -1.33. The smallest absolute Gasteiger partial charge is 0.264 e. The van der Waals surface area contributed by atoms with Gasteiger partial charge in [-0.25, -0.2) is 0 Å². The molecule has 1 aliphatic carbocycles. The Morgan fingerprint density at radius 1 is 1.43 bits per heavy atom. The number of phenolic OH excluding ortho intramolecular Hbond substituents is 1. The minimum absolute atomic E-state index is 0.0830. The van der Waals surface area contributed by atoms with Gasteiger partial charge in [-0.3, -0.25) is 4.79 Å². The number of hydrogen-bond acceptors (Lipinski definition) is 3. The van der Waals surface area contributed by atoms with Crippen LogP contribution in [0.4, 0.5) is 0 Å². The van der Waals surface area contributed by atoms with Crippen molar-refractivity contribution in [1.82, 2.24) is 4.90 Å². The number of aryl methyl sites for hydroxylation is 1. The molecule has 110 valence electrons. The predicted octanol–water partition coefficient (Wildman–Crippen LogP) is 4.33. The number of halogens is 1. The van der Waals surface area contributed by atoms with Crippen molar-refractivity contribution < 1.29 is 9.90 Å². The number of aromatic hydroxyl groups is 1. The van der Waals surface area contributed by atoms with Gasteiger partial charge in [-0.05, 0) is 65.0 Å². The van der Waals surface area contributed by atoms with Crippen LogP contribution in [-0.2, 0) is 6.54 Å². The van der Waals surface area contributed by atoms with Gasteiger partial charge < -0.3 is 10.0 Å². The van der Waals surface area contributed by atoms with Crippen LogP contribution in [0.3, 0.4) is 0 Å². The fourth-order valence-corrected chi connectivity index (χ4v) is 3.80. The summed E-state index contributed by atoms with van der Waals surface area (Å²) in [5.74, 6) is 0.324. The lowest BCUT2D eigenvalue weighted by molar-refractivity contribution is 0.0734. The standard InChI is InChI=1S/C16H16BrNO2S/c1-10-7-14(21-15(10)17)16(20)18(12-5-6-12)9-11-3-2-4-13(19)8-11/h2-4,7-8,12,19H,5-6,9H2,1H3. The number of carbonyl (C=O) groups excluding carboxylic acids is 1. The highest BCUT2D eigenvalue weighted by molar-refractivity contribution is 9.11. The molecule has 0 bridgehead atoms. The third kappa shape index (κ3) is 3.30. The molecule has 3 rings (SSSR count). The molecule has 0 aliphatic heterocycles. The fourth-order valence-electron chi connectivity index (χ4n) is 2.31. The molecule has 1 saturated carbocycles. The highest BCUT2D eigenvalue weighted by atomic mass is 79.9. The van der Waals surface area contributed by atoms with Gasteiger partial charge in [-0.1, -0.05) is 12.1 Å². The molecule has 1 heterocycles. The highest BCUT2D eigenvalue weighted by Crippen LogP contribution is 2.33. The van der Waals surface area contributed by atoms with Crippen molar-refractivity contribution in [1.29, 1.82) is 0 Å². The maximum Gasteiger partial charge on any atom is 0.264 e. The second-order valence-electron chi connectivity index (χ2n) is 5.40. The molecule has 3 nitrogen and oxygen atoms in total. The highest BCUT2D eigenvalue weighted by Gasteiger charge is 2.33. The Bertz CT molecular complexity index is 659. The Labute approximate surface area is 136 Å². The Morgan fingerprint density at radius 2 is 2.19 bits per heavy atom. The van der Waals surface area contributed by atoms with E-state index in [-0.39, 0.29) is 11.7 Å². The van der Waals surface area contributed by atoms with E-state index in [0.717, 1.165) is 32.6 Å². The maximum absolute atomic E-state index is 12.7. The van der Waals surface area contributed by atoms with Gasteiger partial charge in [0.2, 0.25) is 0 Å². The van der Waals surface area contributed by atoms with E-state index in [4.69, 9.17) is 0 Å². The molecule has 1 N–H and O–H groups in total. The summed E-state index contributed by atoms with van der Waals surface area (Å²) in [5.41, 5.74) is 2.05. The van der Waals surface area contributed by atoms with Crippen molar-refractivity contribution in [3.05, 3.63) is 50.1 Å². The second-order valence-corrected chi connectivity index (χ2v) is 7.77. The first-order valence-electron chi connectivity index (χ1n) is 6.89. The number of nitrogens with zero attached hydrogens (tertiary/aromatic N) is 1. The van der Waals surface area contributed by atoms with E-state index in [0.29, 0.717) is 12.6 Å². The molecule has 1 aromatic heterocycles. The quantitative estimate of drug-likeness (QED) is 0.875.